The van der Waals surface area contributed by atoms with E-state index in [1.807, 2.05) is 0 Å². The van der Waals surface area contributed by atoms with Gasteiger partial charge in [-0.05, 0) is 12.8 Å². The third-order valence-corrected chi connectivity index (χ3v) is 2.96. The maximum atomic E-state index is 11.8. The Morgan fingerprint density at radius 3 is 3.11 bits per heavy atom. The third-order valence-electron chi connectivity index (χ3n) is 2.96. The minimum Gasteiger partial charge on any atom is -0.481 e. The van der Waals surface area contributed by atoms with Crippen LogP contribution in [0.2, 0.25) is 0 Å². The maximum absolute atomic E-state index is 11.8. The van der Waals surface area contributed by atoms with Gasteiger partial charge >= 0.3 is 12.0 Å². The number of carbonyl (C=O) groups is 2. The molecule has 0 bridgehead atoms. The summed E-state index contributed by atoms with van der Waals surface area (Å²) in [6.45, 7) is 1.11. The molecular weight excluding hydrogens is 238 g/mol. The van der Waals surface area contributed by atoms with Crippen LogP contribution in [0.25, 0.3) is 0 Å². The number of nitrogens with one attached hydrogen (secondary N) is 1. The van der Waals surface area contributed by atoms with Crippen molar-refractivity contribution in [1.29, 1.82) is 0 Å². The van der Waals surface area contributed by atoms with Crippen LogP contribution in [0.15, 0.2) is 16.8 Å². The Bertz CT molecular complexity index is 418. The fourth-order valence-corrected chi connectivity index (χ4v) is 1.97. The van der Waals surface area contributed by atoms with Crippen LogP contribution in [-0.2, 0) is 11.3 Å². The number of carboxylic acids is 1. The van der Waals surface area contributed by atoms with Gasteiger partial charge in [-0.3, -0.25) is 4.79 Å². The highest BCUT2D eigenvalue weighted by Gasteiger charge is 2.27. The quantitative estimate of drug-likeness (QED) is 0.825. The van der Waals surface area contributed by atoms with Gasteiger partial charge in [0.25, 0.3) is 0 Å². The van der Waals surface area contributed by atoms with E-state index in [1.165, 1.54) is 11.1 Å². The second-order valence-corrected chi connectivity index (χ2v) is 4.26. The molecule has 1 aliphatic rings. The molecule has 98 valence electrons. The average molecular weight is 253 g/mol. The van der Waals surface area contributed by atoms with E-state index in [1.54, 1.807) is 6.07 Å². The summed E-state index contributed by atoms with van der Waals surface area (Å²) in [5.74, 6) is -0.743. The first-order valence-corrected chi connectivity index (χ1v) is 5.82. The van der Waals surface area contributed by atoms with Gasteiger partial charge < -0.3 is 19.8 Å². The fraction of sp³-hybridized carbons (Fsp3) is 0.545. The van der Waals surface area contributed by atoms with Crippen LogP contribution >= 0.6 is 0 Å². The molecule has 2 amide bonds. The number of urea groups is 1. The summed E-state index contributed by atoms with van der Waals surface area (Å²) < 4.78 is 4.85. The van der Waals surface area contributed by atoms with Gasteiger partial charge in [0.05, 0.1) is 18.7 Å². The highest BCUT2D eigenvalue weighted by atomic mass is 16.5. The number of nitrogens with zero attached hydrogens (tertiary/aromatic N) is 2. The predicted molar refractivity (Wildman–Crippen MR) is 60.7 cm³/mol. The molecule has 1 saturated heterocycles. The SMILES string of the molecule is O=C(O)[C@H]1CCCN(C(=O)NCc2ccno2)C1. The van der Waals surface area contributed by atoms with Crippen molar-refractivity contribution < 1.29 is 19.2 Å². The van der Waals surface area contributed by atoms with Crippen LogP contribution in [0.3, 0.4) is 0 Å². The van der Waals surface area contributed by atoms with Gasteiger partial charge in [-0.2, -0.15) is 0 Å². The fourth-order valence-electron chi connectivity index (χ4n) is 1.97. The molecule has 18 heavy (non-hydrogen) atoms. The number of rotatable bonds is 3. The van der Waals surface area contributed by atoms with Crippen molar-refractivity contribution >= 4 is 12.0 Å². The van der Waals surface area contributed by atoms with Crippen LogP contribution in [0.1, 0.15) is 18.6 Å². The molecule has 0 saturated carbocycles. The van der Waals surface area contributed by atoms with E-state index < -0.39 is 11.9 Å². The molecule has 7 heteroatoms. The Balaban J connectivity index is 1.83. The van der Waals surface area contributed by atoms with Crippen molar-refractivity contribution in [2.24, 2.45) is 5.92 Å². The first-order chi connectivity index (χ1) is 8.66. The van der Waals surface area contributed by atoms with Crippen LogP contribution < -0.4 is 5.32 Å². The van der Waals surface area contributed by atoms with Gasteiger partial charge in [-0.1, -0.05) is 5.16 Å². The molecule has 0 spiro atoms. The van der Waals surface area contributed by atoms with Gasteiger partial charge in [0, 0.05) is 19.2 Å². The molecular formula is C11H15N3O4. The van der Waals surface area contributed by atoms with Crippen LogP contribution in [-0.4, -0.2) is 40.3 Å². The average Bonchev–Trinajstić information content (AvgIpc) is 2.89. The molecule has 2 N–H and O–H groups in total. The van der Waals surface area contributed by atoms with Gasteiger partial charge in [-0.25, -0.2) is 4.79 Å². The minimum atomic E-state index is -0.845. The zero-order valence-corrected chi connectivity index (χ0v) is 9.83. The Labute approximate surface area is 104 Å². The molecule has 2 rings (SSSR count). The Hall–Kier alpha value is -2.05. The summed E-state index contributed by atoms with van der Waals surface area (Å²) in [4.78, 5) is 24.2. The Morgan fingerprint density at radius 2 is 2.44 bits per heavy atom. The summed E-state index contributed by atoms with van der Waals surface area (Å²) in [7, 11) is 0. The number of carbonyl (C=O) groups excluding carboxylic acids is 1. The zero-order valence-electron chi connectivity index (χ0n) is 9.83. The third kappa shape index (κ3) is 2.99. The van der Waals surface area contributed by atoms with E-state index in [4.69, 9.17) is 9.63 Å². The highest BCUT2D eigenvalue weighted by molar-refractivity contribution is 5.76. The van der Waals surface area contributed by atoms with E-state index >= 15 is 0 Å². The molecule has 0 radical (unpaired) electrons. The van der Waals surface area contributed by atoms with E-state index in [-0.39, 0.29) is 19.1 Å². The van der Waals surface area contributed by atoms with Crippen LogP contribution in [0.5, 0.6) is 0 Å². The molecule has 0 unspecified atom stereocenters. The zero-order chi connectivity index (χ0) is 13.0. The second kappa shape index (κ2) is 5.52. The van der Waals surface area contributed by atoms with Crippen LogP contribution in [0, 0.1) is 5.92 Å². The van der Waals surface area contributed by atoms with E-state index in [9.17, 15) is 9.59 Å². The topological polar surface area (TPSA) is 95.7 Å². The van der Waals surface area contributed by atoms with Crippen molar-refractivity contribution in [3.05, 3.63) is 18.0 Å². The number of hydrogen-bond acceptors (Lipinski definition) is 4. The molecule has 1 aliphatic heterocycles. The summed E-state index contributed by atoms with van der Waals surface area (Å²) in [5, 5.41) is 15.1. The first-order valence-electron chi connectivity index (χ1n) is 5.82. The van der Waals surface area contributed by atoms with Gasteiger partial charge in [-0.15, -0.1) is 0 Å². The van der Waals surface area contributed by atoms with Crippen LogP contribution in [0.4, 0.5) is 4.79 Å². The lowest BCUT2D eigenvalue weighted by molar-refractivity contribution is -0.143. The van der Waals surface area contributed by atoms with E-state index in [2.05, 4.69) is 10.5 Å². The number of piperidine rings is 1. The number of aromatic nitrogens is 1. The molecule has 2 heterocycles. The lowest BCUT2D eigenvalue weighted by Gasteiger charge is -2.30. The molecule has 1 atom stereocenters. The molecule has 1 fully saturated rings. The largest absolute Gasteiger partial charge is 0.481 e. The molecule has 7 nitrogen and oxygen atoms in total. The smallest absolute Gasteiger partial charge is 0.317 e. The predicted octanol–water partition coefficient (Wildman–Crippen LogP) is 0.681. The molecule has 1 aromatic heterocycles. The molecule has 0 aromatic carbocycles. The second-order valence-electron chi connectivity index (χ2n) is 4.26. The molecule has 1 aromatic rings. The lowest BCUT2D eigenvalue weighted by atomic mass is 9.99. The summed E-state index contributed by atoms with van der Waals surface area (Å²) in [5.41, 5.74) is 0. The van der Waals surface area contributed by atoms with Crippen molar-refractivity contribution in [2.45, 2.75) is 19.4 Å². The highest BCUT2D eigenvalue weighted by Crippen LogP contribution is 2.16. The number of hydrogen-bond donors (Lipinski definition) is 2. The van der Waals surface area contributed by atoms with E-state index in [0.29, 0.717) is 25.1 Å². The number of carboxylic acid groups (broad SMARTS) is 1. The van der Waals surface area contributed by atoms with Gasteiger partial charge in [0.1, 0.15) is 0 Å². The standard InChI is InChI=1S/C11H15N3O4/c15-10(16)8-2-1-5-14(7-8)11(17)12-6-9-3-4-13-18-9/h3-4,8H,1-2,5-7H2,(H,12,17)(H,15,16)/t8-/m0/s1. The Morgan fingerprint density at radius 1 is 1.61 bits per heavy atom. The number of aliphatic carboxylic acids is 1. The molecule has 0 aliphatic carbocycles. The first kappa shape index (κ1) is 12.4. The van der Waals surface area contributed by atoms with Crippen molar-refractivity contribution in [3.8, 4) is 0 Å². The monoisotopic (exact) mass is 253 g/mol. The summed E-state index contributed by atoms with van der Waals surface area (Å²) in [6.07, 6.45) is 2.84. The summed E-state index contributed by atoms with van der Waals surface area (Å²) in [6, 6.07) is 1.40. The minimum absolute atomic E-state index is 0.257. The van der Waals surface area contributed by atoms with Gasteiger partial charge in [0.2, 0.25) is 0 Å². The normalized spacial score (nSPS) is 19.6. The maximum Gasteiger partial charge on any atom is 0.317 e. The number of likely N-dealkylation sites (tertiary alicyclic amines) is 1. The Kier molecular flexibility index (Phi) is 3.81. The number of amides is 2. The van der Waals surface area contributed by atoms with Crippen molar-refractivity contribution in [1.82, 2.24) is 15.4 Å². The van der Waals surface area contributed by atoms with Crippen molar-refractivity contribution in [3.63, 3.8) is 0 Å². The van der Waals surface area contributed by atoms with Crippen molar-refractivity contribution in [2.75, 3.05) is 13.1 Å². The van der Waals surface area contributed by atoms with Gasteiger partial charge in [0.15, 0.2) is 5.76 Å². The lowest BCUT2D eigenvalue weighted by Crippen LogP contribution is -2.46. The summed E-state index contributed by atoms with van der Waals surface area (Å²) >= 11 is 0. The van der Waals surface area contributed by atoms with E-state index in [0.717, 1.165) is 0 Å².